The zero-order valence-corrected chi connectivity index (χ0v) is 14.6. The van der Waals surface area contributed by atoms with Crippen molar-refractivity contribution in [2.75, 3.05) is 18.5 Å². The van der Waals surface area contributed by atoms with Crippen molar-refractivity contribution < 1.29 is 9.53 Å². The van der Waals surface area contributed by atoms with Crippen LogP contribution >= 0.6 is 11.6 Å². The molecular formula is C19H17ClN4O2. The van der Waals surface area contributed by atoms with Crippen LogP contribution in [0.5, 0.6) is 5.88 Å². The zero-order chi connectivity index (χ0) is 18.2. The van der Waals surface area contributed by atoms with E-state index in [9.17, 15) is 4.79 Å². The van der Waals surface area contributed by atoms with Gasteiger partial charge in [0, 0.05) is 11.6 Å². The first kappa shape index (κ1) is 17.7. The van der Waals surface area contributed by atoms with Crippen molar-refractivity contribution in [1.82, 2.24) is 15.5 Å². The minimum Gasteiger partial charge on any atom is -0.475 e. The van der Waals surface area contributed by atoms with Gasteiger partial charge in [-0.2, -0.15) is 0 Å². The van der Waals surface area contributed by atoms with Gasteiger partial charge in [-0.25, -0.2) is 4.79 Å². The molecule has 6 nitrogen and oxygen atoms in total. The molecule has 0 spiro atoms. The van der Waals surface area contributed by atoms with E-state index in [0.29, 0.717) is 23.1 Å². The third kappa shape index (κ3) is 4.94. The summed E-state index contributed by atoms with van der Waals surface area (Å²) in [6, 6.07) is 20.0. The molecule has 132 valence electrons. The van der Waals surface area contributed by atoms with E-state index in [-0.39, 0.29) is 12.6 Å². The molecule has 7 heteroatoms. The van der Waals surface area contributed by atoms with Crippen LogP contribution in [0.4, 0.5) is 10.5 Å². The molecule has 0 aliphatic heterocycles. The number of hydrogen-bond acceptors (Lipinski definition) is 4. The van der Waals surface area contributed by atoms with Crippen LogP contribution in [-0.2, 0) is 0 Å². The van der Waals surface area contributed by atoms with E-state index in [4.69, 9.17) is 16.3 Å². The van der Waals surface area contributed by atoms with E-state index >= 15 is 0 Å². The molecule has 0 aliphatic rings. The molecule has 0 bridgehead atoms. The average Bonchev–Trinajstić information content (AvgIpc) is 2.68. The molecule has 1 heterocycles. The first-order valence-electron chi connectivity index (χ1n) is 8.04. The summed E-state index contributed by atoms with van der Waals surface area (Å²) in [5.74, 6) is 0.401. The first-order valence-corrected chi connectivity index (χ1v) is 8.41. The maximum atomic E-state index is 11.8. The van der Waals surface area contributed by atoms with Gasteiger partial charge in [0.25, 0.3) is 0 Å². The number of rotatable bonds is 6. The normalized spacial score (nSPS) is 10.2. The highest BCUT2D eigenvalue weighted by Crippen LogP contribution is 2.20. The number of hydrogen-bond donors (Lipinski definition) is 2. The lowest BCUT2D eigenvalue weighted by Gasteiger charge is -2.09. The second-order valence-electron chi connectivity index (χ2n) is 5.33. The highest BCUT2D eigenvalue weighted by molar-refractivity contribution is 6.33. The van der Waals surface area contributed by atoms with Crippen LogP contribution in [0.3, 0.4) is 0 Å². The van der Waals surface area contributed by atoms with Crippen molar-refractivity contribution in [3.05, 3.63) is 71.8 Å². The molecule has 2 aromatic carbocycles. The Morgan fingerprint density at radius 2 is 1.73 bits per heavy atom. The molecule has 1 aromatic heterocycles. The number of amides is 2. The smallest absolute Gasteiger partial charge is 0.319 e. The predicted molar refractivity (Wildman–Crippen MR) is 101 cm³/mol. The average molecular weight is 369 g/mol. The molecule has 3 rings (SSSR count). The summed E-state index contributed by atoms with van der Waals surface area (Å²) >= 11 is 5.98. The van der Waals surface area contributed by atoms with Crippen LogP contribution in [-0.4, -0.2) is 29.4 Å². The fraction of sp³-hybridized carbons (Fsp3) is 0.105. The minimum atomic E-state index is -0.354. The van der Waals surface area contributed by atoms with Crippen LogP contribution in [0.1, 0.15) is 0 Å². The van der Waals surface area contributed by atoms with Gasteiger partial charge in [-0.05, 0) is 18.2 Å². The van der Waals surface area contributed by atoms with E-state index in [0.717, 1.165) is 11.3 Å². The fourth-order valence-corrected chi connectivity index (χ4v) is 2.39. The van der Waals surface area contributed by atoms with Crippen molar-refractivity contribution in [2.24, 2.45) is 0 Å². The zero-order valence-electron chi connectivity index (χ0n) is 13.9. The standard InChI is InChI=1S/C19H17ClN4O2/c20-15-8-4-5-9-17(15)22-19(25)21-12-13-26-18-11-10-16(23-24-18)14-6-2-1-3-7-14/h1-11H,12-13H2,(H2,21,22,25). The van der Waals surface area contributed by atoms with E-state index in [1.165, 1.54) is 0 Å². The highest BCUT2D eigenvalue weighted by atomic mass is 35.5. The Balaban J connectivity index is 1.42. The van der Waals surface area contributed by atoms with E-state index < -0.39 is 0 Å². The number of ether oxygens (including phenoxy) is 1. The number of anilines is 1. The van der Waals surface area contributed by atoms with Crippen LogP contribution in [0, 0.1) is 0 Å². The Kier molecular flexibility index (Phi) is 6.01. The van der Waals surface area contributed by atoms with Crippen molar-refractivity contribution in [1.29, 1.82) is 0 Å². The minimum absolute atomic E-state index is 0.273. The monoisotopic (exact) mass is 368 g/mol. The van der Waals surface area contributed by atoms with Crippen LogP contribution in [0.15, 0.2) is 66.7 Å². The lowest BCUT2D eigenvalue weighted by atomic mass is 10.1. The van der Waals surface area contributed by atoms with E-state index in [1.807, 2.05) is 36.4 Å². The van der Waals surface area contributed by atoms with Gasteiger partial charge < -0.3 is 15.4 Å². The van der Waals surface area contributed by atoms with Crippen LogP contribution in [0.2, 0.25) is 5.02 Å². The summed E-state index contributed by atoms with van der Waals surface area (Å²) in [5, 5.41) is 14.0. The quantitative estimate of drug-likeness (QED) is 0.645. The molecule has 26 heavy (non-hydrogen) atoms. The molecule has 2 N–H and O–H groups in total. The summed E-state index contributed by atoms with van der Waals surface area (Å²) < 4.78 is 5.48. The van der Waals surface area contributed by atoms with Gasteiger partial charge in [0.05, 0.1) is 22.9 Å². The molecule has 0 fully saturated rings. The third-order valence-electron chi connectivity index (χ3n) is 3.47. The maximum absolute atomic E-state index is 11.8. The third-order valence-corrected chi connectivity index (χ3v) is 3.80. The van der Waals surface area contributed by atoms with Crippen molar-refractivity contribution >= 4 is 23.3 Å². The highest BCUT2D eigenvalue weighted by Gasteiger charge is 2.05. The van der Waals surface area contributed by atoms with Crippen molar-refractivity contribution in [2.45, 2.75) is 0 Å². The molecule has 0 radical (unpaired) electrons. The van der Waals surface area contributed by atoms with Gasteiger partial charge in [-0.3, -0.25) is 0 Å². The lowest BCUT2D eigenvalue weighted by Crippen LogP contribution is -2.32. The molecule has 0 saturated heterocycles. The van der Waals surface area contributed by atoms with Gasteiger partial charge >= 0.3 is 6.03 Å². The number of halogens is 1. The number of para-hydroxylation sites is 1. The topological polar surface area (TPSA) is 76.1 Å². The number of nitrogens with one attached hydrogen (secondary N) is 2. The molecular weight excluding hydrogens is 352 g/mol. The molecule has 0 aliphatic carbocycles. The molecule has 0 saturated carbocycles. The molecule has 0 unspecified atom stereocenters. The Morgan fingerprint density at radius 1 is 0.962 bits per heavy atom. The van der Waals surface area contributed by atoms with E-state index in [1.54, 1.807) is 30.3 Å². The van der Waals surface area contributed by atoms with Crippen molar-refractivity contribution in [3.8, 4) is 17.1 Å². The number of urea groups is 1. The molecule has 2 amide bonds. The lowest BCUT2D eigenvalue weighted by molar-refractivity contribution is 0.246. The van der Waals surface area contributed by atoms with Crippen molar-refractivity contribution in [3.63, 3.8) is 0 Å². The first-order chi connectivity index (χ1) is 12.7. The van der Waals surface area contributed by atoms with Crippen LogP contribution in [0.25, 0.3) is 11.3 Å². The number of carbonyl (C=O) groups is 1. The molecule has 0 atom stereocenters. The largest absolute Gasteiger partial charge is 0.475 e. The Bertz CT molecular complexity index is 857. The number of carbonyl (C=O) groups excluding carboxylic acids is 1. The molecule has 3 aromatic rings. The SMILES string of the molecule is O=C(NCCOc1ccc(-c2ccccc2)nn1)Nc1ccccc1Cl. The van der Waals surface area contributed by atoms with Gasteiger partial charge in [0.15, 0.2) is 0 Å². The number of benzene rings is 2. The number of nitrogens with zero attached hydrogens (tertiary/aromatic N) is 2. The summed E-state index contributed by atoms with van der Waals surface area (Å²) in [4.78, 5) is 11.8. The number of aromatic nitrogens is 2. The summed E-state index contributed by atoms with van der Waals surface area (Å²) in [6.45, 7) is 0.591. The van der Waals surface area contributed by atoms with Gasteiger partial charge in [-0.15, -0.1) is 10.2 Å². The van der Waals surface area contributed by atoms with Crippen LogP contribution < -0.4 is 15.4 Å². The second-order valence-corrected chi connectivity index (χ2v) is 5.74. The summed E-state index contributed by atoms with van der Waals surface area (Å²) in [7, 11) is 0. The van der Waals surface area contributed by atoms with Gasteiger partial charge in [0.1, 0.15) is 6.61 Å². The summed E-state index contributed by atoms with van der Waals surface area (Å²) in [6.07, 6.45) is 0. The summed E-state index contributed by atoms with van der Waals surface area (Å²) in [5.41, 5.74) is 2.31. The Labute approximate surface area is 156 Å². The predicted octanol–water partition coefficient (Wildman–Crippen LogP) is 4.00. The second kappa shape index (κ2) is 8.82. The van der Waals surface area contributed by atoms with E-state index in [2.05, 4.69) is 20.8 Å². The Hall–Kier alpha value is -3.12. The maximum Gasteiger partial charge on any atom is 0.319 e. The Morgan fingerprint density at radius 3 is 2.46 bits per heavy atom. The fourth-order valence-electron chi connectivity index (χ4n) is 2.21. The van der Waals surface area contributed by atoms with Gasteiger partial charge in [0.2, 0.25) is 5.88 Å². The van der Waals surface area contributed by atoms with Gasteiger partial charge in [-0.1, -0.05) is 54.1 Å².